The zero-order chi connectivity index (χ0) is 30.7. The molecule has 2 heterocycles. The van der Waals surface area contributed by atoms with E-state index in [2.05, 4.69) is 127 Å². The molecule has 222 valence electrons. The SMILES string of the molecule is CCC(C)(CC)c1ccc2cc(-c3cc4c(s3)=c3c(C)cc5c6c(c(C)cc=4c36)=c3sc(C(C)(CC)CC)cc3=5)ccc2c1. The van der Waals surface area contributed by atoms with Gasteiger partial charge in [0.25, 0.3) is 0 Å². The number of aryl methyl sites for hydroxylation is 2. The fourth-order valence-electron chi connectivity index (χ4n) is 7.94. The summed E-state index contributed by atoms with van der Waals surface area (Å²) < 4.78 is 2.95. The van der Waals surface area contributed by atoms with E-state index in [4.69, 9.17) is 0 Å². The molecular weight excluding hydrogens is 569 g/mol. The fourth-order valence-corrected chi connectivity index (χ4v) is 10.8. The highest BCUT2D eigenvalue weighted by molar-refractivity contribution is 7.13. The number of fused-ring (bicyclic) bond motifs is 3. The van der Waals surface area contributed by atoms with Crippen LogP contribution in [0.15, 0.2) is 60.7 Å². The van der Waals surface area contributed by atoms with Crippen LogP contribution >= 0.6 is 22.7 Å². The van der Waals surface area contributed by atoms with Crippen LogP contribution in [0.3, 0.4) is 0 Å². The molecule has 0 saturated heterocycles. The first-order valence-corrected chi connectivity index (χ1v) is 18.2. The first kappa shape index (κ1) is 28.3. The van der Waals surface area contributed by atoms with Crippen LogP contribution in [0.5, 0.6) is 0 Å². The molecule has 2 aliphatic carbocycles. The standard InChI is InChI=1S/C42H42S2/c1-9-41(7,10-2)28-16-15-25-19-27(14-13-26(25)20-28)33-21-31-29-17-24(6)36-38-30(18-23(5)35(37(29)38)39(31)43-33)32-22-34(44-40(32)36)42(8,11-3)12-4/h13-22H,9-12H2,1-8H3. The van der Waals surface area contributed by atoms with Crippen LogP contribution in [-0.4, -0.2) is 0 Å². The van der Waals surface area contributed by atoms with Crippen LogP contribution in [-0.2, 0) is 10.8 Å². The fraction of sp³-hybridized carbons (Fsp3) is 0.333. The summed E-state index contributed by atoms with van der Waals surface area (Å²) >= 11 is 4.03. The molecule has 0 aliphatic heterocycles. The molecule has 0 unspecified atom stereocenters. The van der Waals surface area contributed by atoms with Crippen molar-refractivity contribution in [1.29, 1.82) is 0 Å². The second-order valence-electron chi connectivity index (χ2n) is 14.0. The Labute approximate surface area is 268 Å². The van der Waals surface area contributed by atoms with Gasteiger partial charge in [0.05, 0.1) is 0 Å². The minimum absolute atomic E-state index is 0.242. The first-order chi connectivity index (χ1) is 21.1. The lowest BCUT2D eigenvalue weighted by Crippen LogP contribution is -2.19. The molecule has 0 radical (unpaired) electrons. The number of hydrogen-bond donors (Lipinski definition) is 0. The van der Waals surface area contributed by atoms with Crippen molar-refractivity contribution >= 4 is 44.2 Å². The first-order valence-electron chi connectivity index (χ1n) is 16.6. The Bertz CT molecular complexity index is 2590. The quantitative estimate of drug-likeness (QED) is 0.168. The largest absolute Gasteiger partial charge is 0.139 e. The smallest absolute Gasteiger partial charge is 0.0437 e. The lowest BCUT2D eigenvalue weighted by Gasteiger charge is -2.27. The van der Waals surface area contributed by atoms with Gasteiger partial charge in [-0.2, -0.15) is 0 Å². The van der Waals surface area contributed by atoms with E-state index in [1.54, 1.807) is 4.88 Å². The molecule has 0 fully saturated rings. The third kappa shape index (κ3) is 3.68. The van der Waals surface area contributed by atoms with Gasteiger partial charge in [-0.1, -0.05) is 84.0 Å². The summed E-state index contributed by atoms with van der Waals surface area (Å²) in [4.78, 5) is 2.92. The molecule has 6 aromatic rings. The average Bonchev–Trinajstić information content (AvgIpc) is 3.80. The summed E-state index contributed by atoms with van der Waals surface area (Å²) in [5.74, 6) is 0. The molecule has 2 heteroatoms. The average molecular weight is 611 g/mol. The Morgan fingerprint density at radius 2 is 1.09 bits per heavy atom. The summed E-state index contributed by atoms with van der Waals surface area (Å²) in [6, 6.07) is 24.2. The van der Waals surface area contributed by atoms with Crippen LogP contribution in [0.2, 0.25) is 0 Å². The Morgan fingerprint density at radius 1 is 0.545 bits per heavy atom. The van der Waals surface area contributed by atoms with Crippen molar-refractivity contribution in [3.8, 4) is 10.4 Å². The van der Waals surface area contributed by atoms with Gasteiger partial charge in [0, 0.05) is 45.1 Å². The Morgan fingerprint density at radius 3 is 1.70 bits per heavy atom. The van der Waals surface area contributed by atoms with E-state index in [1.165, 1.54) is 102 Å². The van der Waals surface area contributed by atoms with Crippen LogP contribution < -0.4 is 0 Å². The Balaban J connectivity index is 1.35. The third-order valence-corrected chi connectivity index (χ3v) is 14.5. The van der Waals surface area contributed by atoms with Crippen LogP contribution in [0.25, 0.3) is 32.0 Å². The van der Waals surface area contributed by atoms with Crippen molar-refractivity contribution in [1.82, 2.24) is 0 Å². The maximum Gasteiger partial charge on any atom is 0.0437 e. The van der Waals surface area contributed by atoms with Crippen molar-refractivity contribution in [2.24, 2.45) is 0 Å². The van der Waals surface area contributed by atoms with Crippen molar-refractivity contribution in [3.05, 3.63) is 123 Å². The molecule has 4 aromatic carbocycles. The van der Waals surface area contributed by atoms with Gasteiger partial charge in [-0.3, -0.25) is 0 Å². The maximum absolute atomic E-state index is 2.54. The molecule has 8 rings (SSSR count). The summed E-state index contributed by atoms with van der Waals surface area (Å²) in [6.07, 6.45) is 4.69. The van der Waals surface area contributed by atoms with E-state index in [9.17, 15) is 0 Å². The lowest BCUT2D eigenvalue weighted by atomic mass is 9.77. The third-order valence-electron chi connectivity index (χ3n) is 11.8. The summed E-state index contributed by atoms with van der Waals surface area (Å²) in [6.45, 7) is 18.8. The molecule has 0 atom stereocenters. The Kier molecular flexibility index (Phi) is 6.20. The summed E-state index contributed by atoms with van der Waals surface area (Å²) in [5.41, 5.74) is 6.10. The van der Waals surface area contributed by atoms with E-state index in [0.717, 1.165) is 12.8 Å². The van der Waals surface area contributed by atoms with E-state index in [1.807, 2.05) is 11.3 Å². The van der Waals surface area contributed by atoms with Crippen molar-refractivity contribution < 1.29 is 0 Å². The molecule has 0 N–H and O–H groups in total. The molecule has 2 aliphatic rings. The molecule has 0 spiro atoms. The minimum Gasteiger partial charge on any atom is -0.139 e. The van der Waals surface area contributed by atoms with Crippen LogP contribution in [0.4, 0.5) is 0 Å². The highest BCUT2D eigenvalue weighted by atomic mass is 32.1. The predicted octanol–water partition coefficient (Wildman–Crippen LogP) is 12.3. The van der Waals surface area contributed by atoms with E-state index < -0.39 is 0 Å². The molecule has 0 saturated carbocycles. The Hall–Kier alpha value is -3.20. The molecule has 44 heavy (non-hydrogen) atoms. The van der Waals surface area contributed by atoms with Gasteiger partial charge in [0.15, 0.2) is 0 Å². The van der Waals surface area contributed by atoms with Gasteiger partial charge >= 0.3 is 0 Å². The molecule has 0 amide bonds. The normalized spacial score (nSPS) is 13.4. The highest BCUT2D eigenvalue weighted by Crippen LogP contribution is 2.42. The van der Waals surface area contributed by atoms with Gasteiger partial charge < -0.3 is 0 Å². The number of benzene rings is 4. The van der Waals surface area contributed by atoms with Gasteiger partial charge in [0.1, 0.15) is 0 Å². The topological polar surface area (TPSA) is 0 Å². The number of hydrogen-bond acceptors (Lipinski definition) is 2. The van der Waals surface area contributed by atoms with Gasteiger partial charge in [-0.15, -0.1) is 22.7 Å². The van der Waals surface area contributed by atoms with Crippen LogP contribution in [0, 0.1) is 54.2 Å². The zero-order valence-corrected chi connectivity index (χ0v) is 29.1. The maximum atomic E-state index is 2.54. The molecule has 2 aromatic heterocycles. The second kappa shape index (κ2) is 9.65. The summed E-state index contributed by atoms with van der Waals surface area (Å²) in [5, 5.41) is 14.4. The molecule has 0 bridgehead atoms. The lowest BCUT2D eigenvalue weighted by molar-refractivity contribution is 0.439. The predicted molar refractivity (Wildman–Crippen MR) is 192 cm³/mol. The molecule has 0 nitrogen and oxygen atoms in total. The molecular formula is C42H42S2. The van der Waals surface area contributed by atoms with Gasteiger partial charge in [-0.25, -0.2) is 0 Å². The van der Waals surface area contributed by atoms with Crippen molar-refractivity contribution in [2.45, 2.75) is 91.9 Å². The van der Waals surface area contributed by atoms with Crippen LogP contribution in [0.1, 0.15) is 88.8 Å². The van der Waals surface area contributed by atoms with Gasteiger partial charge in [-0.05, 0) is 117 Å². The van der Waals surface area contributed by atoms with E-state index in [-0.39, 0.29) is 10.8 Å². The zero-order valence-electron chi connectivity index (χ0n) is 27.4. The minimum atomic E-state index is 0.242. The van der Waals surface area contributed by atoms with Crippen molar-refractivity contribution in [3.63, 3.8) is 0 Å². The van der Waals surface area contributed by atoms with Crippen molar-refractivity contribution in [2.75, 3.05) is 0 Å². The second-order valence-corrected chi connectivity index (χ2v) is 16.1. The van der Waals surface area contributed by atoms with E-state index >= 15 is 0 Å². The monoisotopic (exact) mass is 610 g/mol. The number of thiophene rings is 2. The number of rotatable bonds is 7. The highest BCUT2D eigenvalue weighted by Gasteiger charge is 2.26. The van der Waals surface area contributed by atoms with E-state index in [0.29, 0.717) is 0 Å². The van der Waals surface area contributed by atoms with Gasteiger partial charge in [0.2, 0.25) is 0 Å². The summed E-state index contributed by atoms with van der Waals surface area (Å²) in [7, 11) is 0.